The fraction of sp³-hybridized carbons (Fsp3) is 0.529. The molecule has 0 aliphatic carbocycles. The molecular weight excluding hydrogens is 344 g/mol. The summed E-state index contributed by atoms with van der Waals surface area (Å²) in [6, 6.07) is 4.17. The molecule has 0 aromatic heterocycles. The highest BCUT2D eigenvalue weighted by atomic mass is 16.6. The number of methoxy groups -OCH3 is 1. The molecule has 142 valence electrons. The number of ether oxygens (including phenoxy) is 3. The molecule has 0 atom stereocenters. The third-order valence-electron chi connectivity index (χ3n) is 4.18. The van der Waals surface area contributed by atoms with Crippen molar-refractivity contribution >= 4 is 17.6 Å². The second-order valence-corrected chi connectivity index (χ2v) is 5.79. The standard InChI is InChI=1S/C17H22N2O7/c1-3-25-17(21)12-6-8-18(9-7-12)16(20)11-26-15-5-4-13(24-2)10-14(15)19(22)23/h4-5,10,12H,3,6-9,11H2,1-2H3. The van der Waals surface area contributed by atoms with Crippen LogP contribution < -0.4 is 9.47 Å². The molecule has 1 heterocycles. The van der Waals surface area contributed by atoms with Crippen LogP contribution in [-0.2, 0) is 14.3 Å². The highest BCUT2D eigenvalue weighted by molar-refractivity contribution is 5.79. The van der Waals surface area contributed by atoms with Crippen LogP contribution in [0.25, 0.3) is 0 Å². The van der Waals surface area contributed by atoms with Gasteiger partial charge in [-0.1, -0.05) is 0 Å². The van der Waals surface area contributed by atoms with Crippen LogP contribution in [0.3, 0.4) is 0 Å². The lowest BCUT2D eigenvalue weighted by atomic mass is 9.97. The number of hydrogen-bond donors (Lipinski definition) is 0. The van der Waals surface area contributed by atoms with Gasteiger partial charge in [-0.2, -0.15) is 0 Å². The van der Waals surface area contributed by atoms with Gasteiger partial charge in [0.05, 0.1) is 30.6 Å². The van der Waals surface area contributed by atoms with Crippen molar-refractivity contribution in [1.82, 2.24) is 4.90 Å². The smallest absolute Gasteiger partial charge is 0.314 e. The number of rotatable bonds is 7. The third kappa shape index (κ3) is 4.84. The summed E-state index contributed by atoms with van der Waals surface area (Å²) in [7, 11) is 1.41. The van der Waals surface area contributed by atoms with Gasteiger partial charge >= 0.3 is 11.7 Å². The maximum atomic E-state index is 12.3. The number of carbonyl (C=O) groups is 2. The Morgan fingerprint density at radius 3 is 2.58 bits per heavy atom. The van der Waals surface area contributed by atoms with E-state index >= 15 is 0 Å². The number of carbonyl (C=O) groups excluding carboxylic acids is 2. The predicted octanol–water partition coefficient (Wildman–Crippen LogP) is 1.78. The van der Waals surface area contributed by atoms with Crippen LogP contribution in [0.15, 0.2) is 18.2 Å². The van der Waals surface area contributed by atoms with E-state index < -0.39 is 4.92 Å². The number of nitrogens with zero attached hydrogens (tertiary/aromatic N) is 2. The van der Waals surface area contributed by atoms with Gasteiger partial charge in [-0.3, -0.25) is 19.7 Å². The van der Waals surface area contributed by atoms with Gasteiger partial charge in [-0.05, 0) is 31.9 Å². The van der Waals surface area contributed by atoms with E-state index in [0.717, 1.165) is 0 Å². The molecule has 1 aliphatic rings. The SMILES string of the molecule is CCOC(=O)C1CCN(C(=O)COc2ccc(OC)cc2[N+](=O)[O-])CC1. The summed E-state index contributed by atoms with van der Waals surface area (Å²) in [5.41, 5.74) is -0.266. The lowest BCUT2D eigenvalue weighted by Crippen LogP contribution is -2.42. The van der Waals surface area contributed by atoms with E-state index in [-0.39, 0.29) is 35.8 Å². The molecule has 9 nitrogen and oxygen atoms in total. The Labute approximate surface area is 151 Å². The van der Waals surface area contributed by atoms with Gasteiger partial charge < -0.3 is 19.1 Å². The van der Waals surface area contributed by atoms with Crippen LogP contribution in [0.5, 0.6) is 11.5 Å². The predicted molar refractivity (Wildman–Crippen MR) is 91.1 cm³/mol. The third-order valence-corrected chi connectivity index (χ3v) is 4.18. The van der Waals surface area contributed by atoms with Crippen molar-refractivity contribution in [2.24, 2.45) is 5.92 Å². The molecule has 1 aliphatic heterocycles. The summed E-state index contributed by atoms with van der Waals surface area (Å²) < 4.78 is 15.3. The molecule has 1 aromatic carbocycles. The van der Waals surface area contributed by atoms with E-state index in [4.69, 9.17) is 14.2 Å². The zero-order valence-electron chi connectivity index (χ0n) is 14.8. The summed E-state index contributed by atoms with van der Waals surface area (Å²) in [5.74, 6) is -0.369. The van der Waals surface area contributed by atoms with Gasteiger partial charge in [0.2, 0.25) is 0 Å². The Bertz CT molecular complexity index is 669. The van der Waals surface area contributed by atoms with Crippen LogP contribution >= 0.6 is 0 Å². The maximum Gasteiger partial charge on any atom is 0.314 e. The highest BCUT2D eigenvalue weighted by Crippen LogP contribution is 2.31. The molecule has 0 radical (unpaired) electrons. The summed E-state index contributed by atoms with van der Waals surface area (Å²) in [5, 5.41) is 11.1. The van der Waals surface area contributed by atoms with Crippen molar-refractivity contribution < 1.29 is 28.7 Å². The Kier molecular flexibility index (Phi) is 6.76. The van der Waals surface area contributed by atoms with E-state index in [1.165, 1.54) is 25.3 Å². The van der Waals surface area contributed by atoms with Crippen molar-refractivity contribution in [2.45, 2.75) is 19.8 Å². The van der Waals surface area contributed by atoms with Crippen LogP contribution in [-0.4, -0.2) is 55.1 Å². The van der Waals surface area contributed by atoms with Crippen LogP contribution in [0.4, 0.5) is 5.69 Å². The zero-order valence-corrected chi connectivity index (χ0v) is 14.8. The zero-order chi connectivity index (χ0) is 19.1. The molecule has 0 N–H and O–H groups in total. The van der Waals surface area contributed by atoms with E-state index in [9.17, 15) is 19.7 Å². The van der Waals surface area contributed by atoms with E-state index in [1.807, 2.05) is 0 Å². The van der Waals surface area contributed by atoms with Gasteiger partial charge in [0.1, 0.15) is 5.75 Å². The number of nitro benzene ring substituents is 1. The summed E-state index contributed by atoms with van der Waals surface area (Å²) in [6.07, 6.45) is 1.07. The second-order valence-electron chi connectivity index (χ2n) is 5.79. The Balaban J connectivity index is 1.90. The van der Waals surface area contributed by atoms with Gasteiger partial charge in [-0.25, -0.2) is 0 Å². The normalized spacial score (nSPS) is 14.6. The topological polar surface area (TPSA) is 108 Å². The van der Waals surface area contributed by atoms with E-state index in [0.29, 0.717) is 38.3 Å². The first-order chi connectivity index (χ1) is 12.5. The fourth-order valence-electron chi connectivity index (χ4n) is 2.74. The average molecular weight is 366 g/mol. The molecule has 0 spiro atoms. The first-order valence-corrected chi connectivity index (χ1v) is 8.35. The average Bonchev–Trinajstić information content (AvgIpc) is 2.66. The van der Waals surface area contributed by atoms with Crippen LogP contribution in [0.1, 0.15) is 19.8 Å². The Morgan fingerprint density at radius 2 is 2.00 bits per heavy atom. The molecule has 1 amide bonds. The van der Waals surface area contributed by atoms with Crippen molar-refractivity contribution in [2.75, 3.05) is 33.4 Å². The molecule has 1 aromatic rings. The number of esters is 1. The lowest BCUT2D eigenvalue weighted by Gasteiger charge is -2.30. The van der Waals surface area contributed by atoms with Crippen molar-refractivity contribution in [3.8, 4) is 11.5 Å². The molecule has 0 bridgehead atoms. The number of amides is 1. The van der Waals surface area contributed by atoms with Gasteiger partial charge in [0, 0.05) is 13.1 Å². The molecule has 1 fully saturated rings. The summed E-state index contributed by atoms with van der Waals surface area (Å²) in [6.45, 7) is 2.64. The quantitative estimate of drug-likeness (QED) is 0.411. The molecule has 0 unspecified atom stereocenters. The Morgan fingerprint density at radius 1 is 1.31 bits per heavy atom. The maximum absolute atomic E-state index is 12.3. The van der Waals surface area contributed by atoms with Crippen LogP contribution in [0.2, 0.25) is 0 Å². The monoisotopic (exact) mass is 366 g/mol. The van der Waals surface area contributed by atoms with Crippen molar-refractivity contribution in [3.63, 3.8) is 0 Å². The molecule has 0 saturated carbocycles. The lowest BCUT2D eigenvalue weighted by molar-refractivity contribution is -0.385. The largest absolute Gasteiger partial charge is 0.496 e. The van der Waals surface area contributed by atoms with Crippen molar-refractivity contribution in [1.29, 1.82) is 0 Å². The number of likely N-dealkylation sites (tertiary alicyclic amines) is 1. The number of benzene rings is 1. The van der Waals surface area contributed by atoms with E-state index in [1.54, 1.807) is 11.8 Å². The molecule has 9 heteroatoms. The molecular formula is C17H22N2O7. The van der Waals surface area contributed by atoms with Gasteiger partial charge in [0.25, 0.3) is 5.91 Å². The minimum atomic E-state index is -0.590. The first-order valence-electron chi connectivity index (χ1n) is 8.35. The second kappa shape index (κ2) is 9.02. The van der Waals surface area contributed by atoms with E-state index in [2.05, 4.69) is 0 Å². The first kappa shape index (κ1) is 19.5. The van der Waals surface area contributed by atoms with Gasteiger partial charge in [-0.15, -0.1) is 0 Å². The number of piperidine rings is 1. The minimum Gasteiger partial charge on any atom is -0.496 e. The number of nitro groups is 1. The molecule has 2 rings (SSSR count). The molecule has 1 saturated heterocycles. The van der Waals surface area contributed by atoms with Crippen molar-refractivity contribution in [3.05, 3.63) is 28.3 Å². The minimum absolute atomic E-state index is 0.00515. The molecule has 26 heavy (non-hydrogen) atoms. The Hall–Kier alpha value is -2.84. The van der Waals surface area contributed by atoms with Gasteiger partial charge in [0.15, 0.2) is 12.4 Å². The highest BCUT2D eigenvalue weighted by Gasteiger charge is 2.28. The summed E-state index contributed by atoms with van der Waals surface area (Å²) >= 11 is 0. The van der Waals surface area contributed by atoms with Crippen LogP contribution in [0, 0.1) is 16.0 Å². The summed E-state index contributed by atoms with van der Waals surface area (Å²) in [4.78, 5) is 36.1. The number of hydrogen-bond acceptors (Lipinski definition) is 7. The fourth-order valence-corrected chi connectivity index (χ4v) is 2.74.